The van der Waals surface area contributed by atoms with E-state index in [1.807, 2.05) is 6.07 Å². The summed E-state index contributed by atoms with van der Waals surface area (Å²) < 4.78 is 18.3. The maximum atomic E-state index is 9.13. The molecule has 0 unspecified atom stereocenters. The van der Waals surface area contributed by atoms with E-state index in [9.17, 15) is 0 Å². The summed E-state index contributed by atoms with van der Waals surface area (Å²) in [6, 6.07) is 8.82. The van der Waals surface area contributed by atoms with Crippen molar-refractivity contribution in [3.8, 4) is 0 Å². The summed E-state index contributed by atoms with van der Waals surface area (Å²) >= 11 is 0. The number of benzene rings is 1. The summed E-state index contributed by atoms with van der Waals surface area (Å²) in [4.78, 5) is 0.593. The molecule has 0 amide bonds. The van der Waals surface area contributed by atoms with Gasteiger partial charge in [-0.1, -0.05) is 18.2 Å². The van der Waals surface area contributed by atoms with Gasteiger partial charge in [-0.25, -0.2) is 0 Å². The van der Waals surface area contributed by atoms with Crippen molar-refractivity contribution in [1.82, 2.24) is 0 Å². The molecule has 0 aromatic heterocycles. The van der Waals surface area contributed by atoms with Gasteiger partial charge in [0.05, 0.1) is 4.90 Å². The Hall–Kier alpha value is -0.510. The molecule has 0 atom stereocenters. The van der Waals surface area contributed by atoms with Crippen LogP contribution in [0.2, 0.25) is 0 Å². The molecular formula is C7H10O2S. The molecule has 1 aromatic carbocycles. The molecule has 0 heterocycles. The van der Waals surface area contributed by atoms with Gasteiger partial charge < -0.3 is 0 Å². The average molecular weight is 158 g/mol. The normalized spacial score (nSPS) is 13.1. The maximum Gasteiger partial charge on any atom is 0.0580 e. The predicted molar refractivity (Wildman–Crippen MR) is 43.5 cm³/mol. The van der Waals surface area contributed by atoms with E-state index in [2.05, 4.69) is 0 Å². The van der Waals surface area contributed by atoms with Crippen LogP contribution in [0.25, 0.3) is 0 Å². The van der Waals surface area contributed by atoms with E-state index < -0.39 is 10.6 Å². The minimum absolute atomic E-state index is 0.593. The van der Waals surface area contributed by atoms with Crippen LogP contribution in [0.1, 0.15) is 0 Å². The zero-order chi connectivity index (χ0) is 7.61. The summed E-state index contributed by atoms with van der Waals surface area (Å²) in [6.45, 7) is 0. The van der Waals surface area contributed by atoms with Crippen LogP contribution < -0.4 is 0 Å². The quantitative estimate of drug-likeness (QED) is 0.659. The van der Waals surface area contributed by atoms with Crippen molar-refractivity contribution in [3.05, 3.63) is 30.3 Å². The van der Waals surface area contributed by atoms with Crippen LogP contribution in [0.4, 0.5) is 0 Å². The van der Waals surface area contributed by atoms with Crippen LogP contribution in [0.3, 0.4) is 0 Å². The maximum absolute atomic E-state index is 9.13. The number of rotatable bonds is 1. The highest BCUT2D eigenvalue weighted by atomic mass is 32.3. The van der Waals surface area contributed by atoms with Gasteiger partial charge in [0.2, 0.25) is 0 Å². The van der Waals surface area contributed by atoms with Gasteiger partial charge in [0.15, 0.2) is 0 Å². The summed E-state index contributed by atoms with van der Waals surface area (Å²) in [7, 11) is -2.50. The molecule has 2 nitrogen and oxygen atoms in total. The van der Waals surface area contributed by atoms with Crippen molar-refractivity contribution in [3.63, 3.8) is 0 Å². The standard InChI is InChI=1S/C7H10O2S/c1-10(8,9)7-5-3-2-4-6-7/h2-6,8-9H,1H3. The monoisotopic (exact) mass is 158 g/mol. The smallest absolute Gasteiger partial charge is 0.0580 e. The second kappa shape index (κ2) is 2.62. The highest BCUT2D eigenvalue weighted by Crippen LogP contribution is 2.43. The first-order chi connectivity index (χ1) is 4.61. The highest BCUT2D eigenvalue weighted by molar-refractivity contribution is 8.23. The minimum atomic E-state index is -2.50. The van der Waals surface area contributed by atoms with Gasteiger partial charge in [0, 0.05) is 6.26 Å². The Morgan fingerprint density at radius 1 is 1.10 bits per heavy atom. The molecule has 0 aliphatic heterocycles. The minimum Gasteiger partial charge on any atom is -0.295 e. The zero-order valence-electron chi connectivity index (χ0n) is 5.69. The molecule has 2 N–H and O–H groups in total. The lowest BCUT2D eigenvalue weighted by molar-refractivity contribution is 0.495. The van der Waals surface area contributed by atoms with Crippen LogP contribution in [0, 0.1) is 0 Å². The Kier molecular flexibility index (Phi) is 1.99. The van der Waals surface area contributed by atoms with Crippen molar-refractivity contribution in [1.29, 1.82) is 0 Å². The third-order valence-corrected chi connectivity index (χ3v) is 2.35. The van der Waals surface area contributed by atoms with Crippen molar-refractivity contribution >= 4 is 10.6 Å². The molecule has 0 radical (unpaired) electrons. The molecule has 0 spiro atoms. The van der Waals surface area contributed by atoms with Gasteiger partial charge in [-0.15, -0.1) is 0 Å². The van der Waals surface area contributed by atoms with Gasteiger partial charge in [-0.05, 0) is 12.1 Å². The van der Waals surface area contributed by atoms with E-state index >= 15 is 0 Å². The molecule has 10 heavy (non-hydrogen) atoms. The first-order valence-electron chi connectivity index (χ1n) is 2.89. The van der Waals surface area contributed by atoms with Crippen molar-refractivity contribution < 1.29 is 9.11 Å². The van der Waals surface area contributed by atoms with Crippen LogP contribution in [-0.2, 0) is 0 Å². The molecule has 1 rings (SSSR count). The van der Waals surface area contributed by atoms with E-state index in [1.54, 1.807) is 24.3 Å². The van der Waals surface area contributed by atoms with Crippen molar-refractivity contribution in [2.75, 3.05) is 6.26 Å². The molecule has 0 fully saturated rings. The van der Waals surface area contributed by atoms with Crippen LogP contribution in [0.5, 0.6) is 0 Å². The zero-order valence-corrected chi connectivity index (χ0v) is 6.51. The second-order valence-electron chi connectivity index (χ2n) is 2.15. The fourth-order valence-electron chi connectivity index (χ4n) is 0.678. The van der Waals surface area contributed by atoms with Crippen molar-refractivity contribution in [2.24, 2.45) is 0 Å². The van der Waals surface area contributed by atoms with Crippen LogP contribution in [0.15, 0.2) is 35.2 Å². The third-order valence-electron chi connectivity index (χ3n) is 1.19. The van der Waals surface area contributed by atoms with Gasteiger partial charge in [0.25, 0.3) is 0 Å². The van der Waals surface area contributed by atoms with E-state index in [0.717, 1.165) is 0 Å². The molecule has 1 aromatic rings. The SMILES string of the molecule is CS(O)(O)c1ccccc1. The van der Waals surface area contributed by atoms with E-state index in [1.165, 1.54) is 6.26 Å². The molecule has 0 saturated heterocycles. The second-order valence-corrected chi connectivity index (χ2v) is 4.28. The lowest BCUT2D eigenvalue weighted by Gasteiger charge is -2.26. The van der Waals surface area contributed by atoms with Gasteiger partial charge in [-0.3, -0.25) is 9.11 Å². The molecule has 0 aliphatic rings. The summed E-state index contributed by atoms with van der Waals surface area (Å²) in [6.07, 6.45) is 1.42. The number of hydrogen-bond acceptors (Lipinski definition) is 2. The molecular weight excluding hydrogens is 148 g/mol. The van der Waals surface area contributed by atoms with Crippen LogP contribution >= 0.6 is 10.6 Å². The first-order valence-corrected chi connectivity index (χ1v) is 4.84. The Morgan fingerprint density at radius 3 is 1.90 bits per heavy atom. The third kappa shape index (κ3) is 1.73. The first kappa shape index (κ1) is 7.60. The Labute approximate surface area is 61.9 Å². The summed E-state index contributed by atoms with van der Waals surface area (Å²) in [5.41, 5.74) is 0. The average Bonchev–Trinajstić information content (AvgIpc) is 1.88. The lowest BCUT2D eigenvalue weighted by atomic mass is 10.4. The van der Waals surface area contributed by atoms with Gasteiger partial charge >= 0.3 is 0 Å². The van der Waals surface area contributed by atoms with E-state index in [0.29, 0.717) is 4.90 Å². The Bertz CT molecular complexity index is 203. The van der Waals surface area contributed by atoms with Crippen LogP contribution in [-0.4, -0.2) is 15.4 Å². The van der Waals surface area contributed by atoms with Gasteiger partial charge in [-0.2, -0.15) is 10.6 Å². The molecule has 0 saturated carbocycles. The molecule has 56 valence electrons. The summed E-state index contributed by atoms with van der Waals surface area (Å²) in [5.74, 6) is 0. The van der Waals surface area contributed by atoms with E-state index in [4.69, 9.17) is 9.11 Å². The Morgan fingerprint density at radius 2 is 1.60 bits per heavy atom. The molecule has 0 bridgehead atoms. The fourth-order valence-corrected chi connectivity index (χ4v) is 1.35. The number of hydrogen-bond donors (Lipinski definition) is 2. The van der Waals surface area contributed by atoms with Gasteiger partial charge in [0.1, 0.15) is 0 Å². The highest BCUT2D eigenvalue weighted by Gasteiger charge is 2.05. The lowest BCUT2D eigenvalue weighted by Crippen LogP contribution is -1.92. The topological polar surface area (TPSA) is 40.5 Å². The van der Waals surface area contributed by atoms with Crippen molar-refractivity contribution in [2.45, 2.75) is 4.90 Å². The summed E-state index contributed by atoms with van der Waals surface area (Å²) in [5, 5.41) is 0. The fraction of sp³-hybridized carbons (Fsp3) is 0.143. The Balaban J connectivity index is 2.97. The molecule has 0 aliphatic carbocycles. The molecule has 3 heteroatoms. The largest absolute Gasteiger partial charge is 0.295 e. The van der Waals surface area contributed by atoms with E-state index in [-0.39, 0.29) is 0 Å². The predicted octanol–water partition coefficient (Wildman–Crippen LogP) is 2.43.